The molecule has 8 nitrogen and oxygen atoms in total. The number of amides is 2. The lowest BCUT2D eigenvalue weighted by Gasteiger charge is -2.21. The highest BCUT2D eigenvalue weighted by Gasteiger charge is 2.41. The molecule has 1 aliphatic rings. The zero-order valence-electron chi connectivity index (χ0n) is 16.6. The van der Waals surface area contributed by atoms with Crippen LogP contribution in [0.4, 0.5) is 11.4 Å². The van der Waals surface area contributed by atoms with Crippen LogP contribution < -0.4 is 15.0 Å². The third-order valence-electron chi connectivity index (χ3n) is 5.01. The van der Waals surface area contributed by atoms with Gasteiger partial charge in [-0.05, 0) is 36.4 Å². The van der Waals surface area contributed by atoms with E-state index in [9.17, 15) is 18.0 Å². The smallest absolute Gasteiger partial charge is 0.244 e. The molecule has 0 bridgehead atoms. The Bertz CT molecular complexity index is 1220. The minimum Gasteiger partial charge on any atom is -0.497 e. The maximum Gasteiger partial charge on any atom is 0.244 e. The van der Waals surface area contributed by atoms with Crippen LogP contribution in [0.5, 0.6) is 5.75 Å². The summed E-state index contributed by atoms with van der Waals surface area (Å²) >= 11 is 0. The van der Waals surface area contributed by atoms with Crippen molar-refractivity contribution >= 4 is 33.0 Å². The Morgan fingerprint density at radius 2 is 1.97 bits per heavy atom. The van der Waals surface area contributed by atoms with E-state index in [2.05, 4.69) is 5.32 Å². The van der Waals surface area contributed by atoms with Gasteiger partial charge in [0.2, 0.25) is 11.8 Å². The van der Waals surface area contributed by atoms with Gasteiger partial charge in [-0.1, -0.05) is 18.2 Å². The molecule has 0 saturated heterocycles. The minimum absolute atomic E-state index is 0.0172. The first-order valence-electron chi connectivity index (χ1n) is 9.51. The summed E-state index contributed by atoms with van der Waals surface area (Å²) in [6.45, 7) is -0.340. The summed E-state index contributed by atoms with van der Waals surface area (Å²) in [6, 6.07) is 16.1. The molecular weight excluding hydrogens is 420 g/mol. The zero-order valence-corrected chi connectivity index (χ0v) is 17.5. The largest absolute Gasteiger partial charge is 0.497 e. The Balaban J connectivity index is 1.66. The summed E-state index contributed by atoms with van der Waals surface area (Å²) in [4.78, 5) is 27.0. The molecule has 4 rings (SSSR count). The van der Waals surface area contributed by atoms with Crippen molar-refractivity contribution in [2.45, 2.75) is 16.6 Å². The molecule has 0 saturated carbocycles. The number of methoxy groups -OCH3 is 1. The summed E-state index contributed by atoms with van der Waals surface area (Å²) in [6.07, 6.45) is 1.03. The van der Waals surface area contributed by atoms with Crippen molar-refractivity contribution in [3.8, 4) is 5.75 Å². The molecule has 160 valence electrons. The fraction of sp³-hybridized carbons (Fsp3) is 0.182. The van der Waals surface area contributed by atoms with Gasteiger partial charge in [-0.2, -0.15) is 0 Å². The fourth-order valence-corrected chi connectivity index (χ4v) is 5.38. The second kappa shape index (κ2) is 8.27. The number of ether oxygens (including phenoxy) is 1. The van der Waals surface area contributed by atoms with Crippen LogP contribution in [-0.2, 0) is 19.4 Å². The van der Waals surface area contributed by atoms with Crippen LogP contribution in [0, 0.1) is 0 Å². The van der Waals surface area contributed by atoms with E-state index in [4.69, 9.17) is 9.15 Å². The number of carbonyl (C=O) groups is 2. The number of sulfone groups is 1. The van der Waals surface area contributed by atoms with Gasteiger partial charge in [0.25, 0.3) is 0 Å². The van der Waals surface area contributed by atoms with E-state index in [0.29, 0.717) is 11.4 Å². The van der Waals surface area contributed by atoms with Crippen molar-refractivity contribution in [1.29, 1.82) is 0 Å². The van der Waals surface area contributed by atoms with Gasteiger partial charge in [0.15, 0.2) is 9.84 Å². The lowest BCUT2D eigenvalue weighted by Crippen LogP contribution is -2.38. The van der Waals surface area contributed by atoms with E-state index >= 15 is 0 Å². The third kappa shape index (κ3) is 4.04. The number of hydrogen-bond acceptors (Lipinski definition) is 6. The predicted octanol–water partition coefficient (Wildman–Crippen LogP) is 3.18. The number of benzene rings is 2. The summed E-state index contributed by atoms with van der Waals surface area (Å²) in [5, 5.41) is 1.55. The average Bonchev–Trinajstić information content (AvgIpc) is 3.27. The van der Waals surface area contributed by atoms with Gasteiger partial charge in [-0.3, -0.25) is 9.59 Å². The second-order valence-corrected chi connectivity index (χ2v) is 9.08. The van der Waals surface area contributed by atoms with Crippen LogP contribution in [-0.4, -0.2) is 33.9 Å². The molecule has 2 amide bonds. The molecule has 1 aliphatic heterocycles. The number of anilines is 2. The van der Waals surface area contributed by atoms with Crippen LogP contribution in [0.15, 0.2) is 76.2 Å². The number of carbonyl (C=O) groups excluding carboxylic acids is 2. The first-order chi connectivity index (χ1) is 14.9. The van der Waals surface area contributed by atoms with Crippen LogP contribution >= 0.6 is 0 Å². The van der Waals surface area contributed by atoms with Gasteiger partial charge in [0.05, 0.1) is 30.4 Å². The number of furan rings is 1. The van der Waals surface area contributed by atoms with Crippen LogP contribution in [0.25, 0.3) is 0 Å². The summed E-state index contributed by atoms with van der Waals surface area (Å²) < 4.78 is 37.1. The number of nitrogens with zero attached hydrogens (tertiary/aromatic N) is 1. The van der Waals surface area contributed by atoms with Crippen molar-refractivity contribution in [3.63, 3.8) is 0 Å². The summed E-state index contributed by atoms with van der Waals surface area (Å²) in [5.74, 6) is -0.201. The van der Waals surface area contributed by atoms with E-state index in [1.165, 1.54) is 36.5 Å². The Morgan fingerprint density at radius 3 is 2.71 bits per heavy atom. The highest BCUT2D eigenvalue weighted by molar-refractivity contribution is 7.91. The molecule has 3 aromatic rings. The first-order valence-corrected chi connectivity index (χ1v) is 11.1. The molecule has 1 atom stereocenters. The predicted molar refractivity (Wildman–Crippen MR) is 114 cm³/mol. The Hall–Kier alpha value is -3.59. The van der Waals surface area contributed by atoms with E-state index in [-0.39, 0.29) is 29.3 Å². The van der Waals surface area contributed by atoms with Crippen LogP contribution in [0.1, 0.15) is 17.4 Å². The molecular formula is C22H20N2O6S. The minimum atomic E-state index is -3.92. The Labute approximate surface area is 179 Å². The molecule has 0 fully saturated rings. The molecule has 1 N–H and O–H groups in total. The van der Waals surface area contributed by atoms with Crippen molar-refractivity contribution in [2.75, 3.05) is 23.9 Å². The first kappa shape index (κ1) is 20.7. The maximum absolute atomic E-state index is 13.3. The molecule has 2 aromatic carbocycles. The lowest BCUT2D eigenvalue weighted by molar-refractivity contribution is -0.121. The van der Waals surface area contributed by atoms with Gasteiger partial charge in [-0.15, -0.1) is 0 Å². The van der Waals surface area contributed by atoms with Crippen molar-refractivity contribution in [1.82, 2.24) is 0 Å². The molecule has 2 heterocycles. The van der Waals surface area contributed by atoms with E-state index < -0.39 is 26.9 Å². The molecule has 1 aromatic heterocycles. The van der Waals surface area contributed by atoms with E-state index in [1.54, 1.807) is 42.5 Å². The Morgan fingerprint density at radius 1 is 1.16 bits per heavy atom. The quantitative estimate of drug-likeness (QED) is 0.653. The zero-order chi connectivity index (χ0) is 22.0. The normalized spacial score (nSPS) is 17.5. The fourth-order valence-electron chi connectivity index (χ4n) is 3.53. The van der Waals surface area contributed by atoms with Gasteiger partial charge in [-0.25, -0.2) is 8.42 Å². The van der Waals surface area contributed by atoms with Gasteiger partial charge in [0.1, 0.15) is 23.3 Å². The standard InChI is InChI=1S/C22H20N2O6S/c1-29-16-7-4-6-15(12-16)23-21(25)14-24-17-8-2-3-10-19(17)31(27,28)20(13-22(24)26)18-9-5-11-30-18/h2-12,20H,13-14H2,1H3,(H,23,25). The Kier molecular flexibility index (Phi) is 5.51. The monoisotopic (exact) mass is 440 g/mol. The van der Waals surface area contributed by atoms with Crippen molar-refractivity contribution < 1.29 is 27.2 Å². The lowest BCUT2D eigenvalue weighted by atomic mass is 10.2. The second-order valence-electron chi connectivity index (χ2n) is 6.98. The topological polar surface area (TPSA) is 106 Å². The molecule has 0 spiro atoms. The van der Waals surface area contributed by atoms with E-state index in [1.807, 2.05) is 0 Å². The average molecular weight is 440 g/mol. The van der Waals surface area contributed by atoms with Gasteiger partial charge in [0, 0.05) is 11.8 Å². The van der Waals surface area contributed by atoms with E-state index in [0.717, 1.165) is 0 Å². The highest BCUT2D eigenvalue weighted by atomic mass is 32.2. The van der Waals surface area contributed by atoms with Crippen molar-refractivity contribution in [2.24, 2.45) is 0 Å². The number of hydrogen-bond donors (Lipinski definition) is 1. The summed E-state index contributed by atoms with van der Waals surface area (Å²) in [5.41, 5.74) is 0.670. The van der Waals surface area contributed by atoms with Crippen LogP contribution in [0.2, 0.25) is 0 Å². The number of fused-ring (bicyclic) bond motifs is 1. The third-order valence-corrected chi connectivity index (χ3v) is 7.12. The van der Waals surface area contributed by atoms with Gasteiger partial charge >= 0.3 is 0 Å². The molecule has 9 heteroatoms. The molecule has 1 unspecified atom stereocenters. The number of para-hydroxylation sites is 1. The molecule has 0 radical (unpaired) electrons. The highest BCUT2D eigenvalue weighted by Crippen LogP contribution is 2.40. The maximum atomic E-state index is 13.3. The van der Waals surface area contributed by atoms with Gasteiger partial charge < -0.3 is 19.4 Å². The van der Waals surface area contributed by atoms with Crippen molar-refractivity contribution in [3.05, 3.63) is 72.7 Å². The SMILES string of the molecule is COc1cccc(NC(=O)CN2C(=O)CC(c3ccco3)S(=O)(=O)c3ccccc32)c1. The number of rotatable bonds is 5. The molecule has 0 aliphatic carbocycles. The number of nitrogens with one attached hydrogen (secondary N) is 1. The van der Waals surface area contributed by atoms with Crippen LogP contribution in [0.3, 0.4) is 0 Å². The molecule has 31 heavy (non-hydrogen) atoms. The summed E-state index contributed by atoms with van der Waals surface area (Å²) in [7, 11) is -2.40.